The van der Waals surface area contributed by atoms with Gasteiger partial charge in [-0.15, -0.1) is 5.10 Å². The maximum atomic E-state index is 12.7. The van der Waals surface area contributed by atoms with Gasteiger partial charge in [-0.3, -0.25) is 4.79 Å². The van der Waals surface area contributed by atoms with E-state index in [0.717, 1.165) is 0 Å². The first-order chi connectivity index (χ1) is 15.6. The fourth-order valence-corrected chi connectivity index (χ4v) is 2.93. The van der Waals surface area contributed by atoms with E-state index < -0.39 is 5.97 Å². The zero-order valence-electron chi connectivity index (χ0n) is 17.0. The minimum atomic E-state index is -0.414. The van der Waals surface area contributed by atoms with E-state index in [1.165, 1.54) is 18.1 Å². The fourth-order valence-electron chi connectivity index (χ4n) is 2.93. The fraction of sp³-hybridized carbons (Fsp3) is 0.0417. The van der Waals surface area contributed by atoms with Crippen molar-refractivity contribution in [2.24, 2.45) is 0 Å². The summed E-state index contributed by atoms with van der Waals surface area (Å²) < 4.78 is 6.21. The van der Waals surface area contributed by atoms with Crippen LogP contribution in [0.3, 0.4) is 0 Å². The van der Waals surface area contributed by atoms with Crippen molar-refractivity contribution in [1.29, 1.82) is 0 Å². The van der Waals surface area contributed by atoms with E-state index in [2.05, 4.69) is 32.7 Å². The van der Waals surface area contributed by atoms with Crippen LogP contribution in [0.5, 0.6) is 0 Å². The highest BCUT2D eigenvalue weighted by atomic mass is 16.5. The van der Waals surface area contributed by atoms with Crippen molar-refractivity contribution in [1.82, 2.24) is 20.2 Å². The number of aromatic nitrogens is 4. The molecular formula is C24H17N5O3. The quantitative estimate of drug-likeness (QED) is 0.400. The van der Waals surface area contributed by atoms with Crippen LogP contribution >= 0.6 is 0 Å². The second-order valence-electron chi connectivity index (χ2n) is 6.66. The minimum absolute atomic E-state index is 0.268. The molecule has 8 nitrogen and oxygen atoms in total. The van der Waals surface area contributed by atoms with E-state index in [1.807, 2.05) is 18.2 Å². The highest BCUT2D eigenvalue weighted by Gasteiger charge is 2.09. The largest absolute Gasteiger partial charge is 0.465 e. The van der Waals surface area contributed by atoms with Crippen molar-refractivity contribution < 1.29 is 14.3 Å². The molecule has 0 atom stereocenters. The van der Waals surface area contributed by atoms with Crippen molar-refractivity contribution >= 4 is 17.6 Å². The van der Waals surface area contributed by atoms with Crippen molar-refractivity contribution in [2.75, 3.05) is 12.4 Å². The summed E-state index contributed by atoms with van der Waals surface area (Å²) in [4.78, 5) is 24.4. The molecule has 3 aromatic carbocycles. The summed E-state index contributed by atoms with van der Waals surface area (Å²) in [6.45, 7) is 0. The molecule has 4 aromatic rings. The Morgan fingerprint density at radius 3 is 2.38 bits per heavy atom. The minimum Gasteiger partial charge on any atom is -0.465 e. The third-order valence-corrected chi connectivity index (χ3v) is 4.48. The third kappa shape index (κ3) is 4.86. The van der Waals surface area contributed by atoms with Crippen LogP contribution in [0, 0.1) is 11.8 Å². The summed E-state index contributed by atoms with van der Waals surface area (Å²) in [7, 11) is 1.34. The highest BCUT2D eigenvalue weighted by molar-refractivity contribution is 6.04. The van der Waals surface area contributed by atoms with E-state index in [0.29, 0.717) is 33.6 Å². The smallest absolute Gasteiger partial charge is 0.337 e. The topological polar surface area (TPSA) is 99.0 Å². The van der Waals surface area contributed by atoms with Gasteiger partial charge in [-0.05, 0) is 65.0 Å². The number of nitrogens with zero attached hydrogens (tertiary/aromatic N) is 4. The summed E-state index contributed by atoms with van der Waals surface area (Å²) >= 11 is 0. The molecule has 0 spiro atoms. The van der Waals surface area contributed by atoms with Gasteiger partial charge in [0.05, 0.1) is 18.4 Å². The zero-order valence-corrected chi connectivity index (χ0v) is 17.0. The van der Waals surface area contributed by atoms with Crippen molar-refractivity contribution in [3.63, 3.8) is 0 Å². The molecule has 1 heterocycles. The lowest BCUT2D eigenvalue weighted by Gasteiger charge is -2.07. The van der Waals surface area contributed by atoms with Gasteiger partial charge in [0.1, 0.15) is 6.33 Å². The predicted octanol–water partition coefficient (Wildman–Crippen LogP) is 3.10. The van der Waals surface area contributed by atoms with Crippen molar-refractivity contribution in [3.05, 3.63) is 101 Å². The monoisotopic (exact) mass is 423 g/mol. The number of rotatable bonds is 4. The van der Waals surface area contributed by atoms with E-state index in [4.69, 9.17) is 4.74 Å². The molecule has 0 bridgehead atoms. The number of carbonyl (C=O) groups is 2. The van der Waals surface area contributed by atoms with Crippen molar-refractivity contribution in [3.8, 4) is 17.5 Å². The Hall–Kier alpha value is -4.77. The number of nitrogens with one attached hydrogen (secondary N) is 1. The standard InChI is InChI=1S/C24H17N5O3/c1-32-24(31)20-8-2-5-17(13-20)11-12-18-6-3-9-21(14-18)26-23(30)19-7-4-10-22(15-19)29-16-25-27-28-29/h2-10,13-16H,1H3,(H,26,30). The summed E-state index contributed by atoms with van der Waals surface area (Å²) in [6, 6.07) is 21.1. The average Bonchev–Trinajstić information content (AvgIpc) is 3.38. The number of carbonyl (C=O) groups excluding carboxylic acids is 2. The molecular weight excluding hydrogens is 406 g/mol. The van der Waals surface area contributed by atoms with Gasteiger partial charge in [0, 0.05) is 22.4 Å². The summed E-state index contributed by atoms with van der Waals surface area (Å²) in [5, 5.41) is 13.9. The van der Waals surface area contributed by atoms with Gasteiger partial charge in [0.25, 0.3) is 5.91 Å². The molecule has 0 fully saturated rings. The Morgan fingerprint density at radius 2 is 1.62 bits per heavy atom. The van der Waals surface area contributed by atoms with Gasteiger partial charge in [-0.25, -0.2) is 9.48 Å². The van der Waals surface area contributed by atoms with Gasteiger partial charge in [0.2, 0.25) is 0 Å². The Labute approximate surface area is 183 Å². The number of tetrazole rings is 1. The van der Waals surface area contributed by atoms with E-state index in [9.17, 15) is 9.59 Å². The summed E-state index contributed by atoms with van der Waals surface area (Å²) in [6.07, 6.45) is 1.46. The average molecular weight is 423 g/mol. The predicted molar refractivity (Wildman–Crippen MR) is 117 cm³/mol. The molecule has 0 aliphatic rings. The number of hydrogen-bond acceptors (Lipinski definition) is 6. The van der Waals surface area contributed by atoms with Crippen LogP contribution in [0.1, 0.15) is 31.8 Å². The molecule has 32 heavy (non-hydrogen) atoms. The van der Waals surface area contributed by atoms with Crippen LogP contribution in [-0.2, 0) is 4.74 Å². The zero-order chi connectivity index (χ0) is 22.3. The summed E-state index contributed by atoms with van der Waals surface area (Å²) in [5.74, 6) is 5.39. The maximum Gasteiger partial charge on any atom is 0.337 e. The number of anilines is 1. The number of benzene rings is 3. The van der Waals surface area contributed by atoms with Crippen LogP contribution in [-0.4, -0.2) is 39.2 Å². The van der Waals surface area contributed by atoms with Gasteiger partial charge in [-0.2, -0.15) is 0 Å². The van der Waals surface area contributed by atoms with E-state index >= 15 is 0 Å². The van der Waals surface area contributed by atoms with Gasteiger partial charge in [0.15, 0.2) is 0 Å². The molecule has 0 radical (unpaired) electrons. The Bertz CT molecular complexity index is 1340. The lowest BCUT2D eigenvalue weighted by atomic mass is 10.1. The third-order valence-electron chi connectivity index (χ3n) is 4.48. The maximum absolute atomic E-state index is 12.7. The van der Waals surface area contributed by atoms with Crippen LogP contribution in [0.15, 0.2) is 79.1 Å². The van der Waals surface area contributed by atoms with Gasteiger partial charge in [-0.1, -0.05) is 30.0 Å². The number of esters is 1. The SMILES string of the molecule is COC(=O)c1cccc(C#Cc2cccc(NC(=O)c3cccc(-n4cnnn4)c3)c2)c1. The Balaban J connectivity index is 1.50. The molecule has 0 aliphatic heterocycles. The second kappa shape index (κ2) is 9.36. The molecule has 0 saturated carbocycles. The molecule has 156 valence electrons. The van der Waals surface area contributed by atoms with Gasteiger partial charge < -0.3 is 10.1 Å². The normalized spacial score (nSPS) is 10.0. The van der Waals surface area contributed by atoms with E-state index in [-0.39, 0.29) is 5.91 Å². The second-order valence-corrected chi connectivity index (χ2v) is 6.66. The number of ether oxygens (including phenoxy) is 1. The first-order valence-electron chi connectivity index (χ1n) is 9.57. The number of hydrogen-bond donors (Lipinski definition) is 1. The lowest BCUT2D eigenvalue weighted by molar-refractivity contribution is 0.0600. The lowest BCUT2D eigenvalue weighted by Crippen LogP contribution is -2.12. The first kappa shape index (κ1) is 20.5. The van der Waals surface area contributed by atoms with E-state index in [1.54, 1.807) is 54.6 Å². The van der Waals surface area contributed by atoms with Crippen LogP contribution in [0.4, 0.5) is 5.69 Å². The Kier molecular flexibility index (Phi) is 6.00. The number of amides is 1. The van der Waals surface area contributed by atoms with Crippen molar-refractivity contribution in [2.45, 2.75) is 0 Å². The molecule has 1 amide bonds. The number of methoxy groups -OCH3 is 1. The molecule has 0 unspecified atom stereocenters. The molecule has 0 saturated heterocycles. The molecule has 1 N–H and O–H groups in total. The van der Waals surface area contributed by atoms with Crippen LogP contribution in [0.2, 0.25) is 0 Å². The molecule has 1 aromatic heterocycles. The molecule has 8 heteroatoms. The van der Waals surface area contributed by atoms with Gasteiger partial charge >= 0.3 is 5.97 Å². The molecule has 0 aliphatic carbocycles. The highest BCUT2D eigenvalue weighted by Crippen LogP contribution is 2.14. The first-order valence-corrected chi connectivity index (χ1v) is 9.57. The Morgan fingerprint density at radius 1 is 0.906 bits per heavy atom. The van der Waals surface area contributed by atoms with Crippen LogP contribution < -0.4 is 5.32 Å². The summed E-state index contributed by atoms with van der Waals surface area (Å²) in [5.41, 5.74) is 3.59. The molecule has 4 rings (SSSR count). The van der Waals surface area contributed by atoms with Crippen LogP contribution in [0.25, 0.3) is 5.69 Å².